The number of rotatable bonds is 3. The number of hydrogen-bond donors (Lipinski definition) is 0. The van der Waals surface area contributed by atoms with Gasteiger partial charge >= 0.3 is 0 Å². The summed E-state index contributed by atoms with van der Waals surface area (Å²) in [6.45, 7) is 5.84. The van der Waals surface area contributed by atoms with Gasteiger partial charge in [0.25, 0.3) is 0 Å². The fourth-order valence-electron chi connectivity index (χ4n) is 4.62. The van der Waals surface area contributed by atoms with E-state index in [2.05, 4.69) is 65.4 Å². The van der Waals surface area contributed by atoms with Crippen LogP contribution >= 0.6 is 11.3 Å². The van der Waals surface area contributed by atoms with Crippen LogP contribution in [0, 0.1) is 0 Å². The molecule has 1 aromatic heterocycles. The van der Waals surface area contributed by atoms with Gasteiger partial charge in [0, 0.05) is 35.1 Å². The third-order valence-corrected chi connectivity index (χ3v) is 7.14. The molecule has 26 heavy (non-hydrogen) atoms. The second kappa shape index (κ2) is 6.80. The topological polar surface area (TPSA) is 6.48 Å². The van der Waals surface area contributed by atoms with Gasteiger partial charge in [0.05, 0.1) is 0 Å². The van der Waals surface area contributed by atoms with Crippen molar-refractivity contribution in [3.63, 3.8) is 0 Å². The Bertz CT molecular complexity index is 890. The zero-order valence-electron chi connectivity index (χ0n) is 15.4. The van der Waals surface area contributed by atoms with Gasteiger partial charge in [-0.15, -0.1) is 11.3 Å². The summed E-state index contributed by atoms with van der Waals surface area (Å²) in [5.74, 6) is 0.502. The molecular weight excluding hydrogens is 336 g/mol. The van der Waals surface area contributed by atoms with Gasteiger partial charge in [-0.3, -0.25) is 4.90 Å². The molecule has 0 amide bonds. The molecule has 0 bridgehead atoms. The van der Waals surface area contributed by atoms with Crippen LogP contribution in [0.2, 0.25) is 0 Å². The molecule has 5 rings (SSSR count). The Kier molecular flexibility index (Phi) is 4.32. The van der Waals surface area contributed by atoms with Gasteiger partial charge in [0.1, 0.15) is 0 Å². The van der Waals surface area contributed by atoms with Crippen LogP contribution in [-0.4, -0.2) is 36.5 Å². The van der Waals surface area contributed by atoms with Gasteiger partial charge in [0.15, 0.2) is 0 Å². The lowest BCUT2D eigenvalue weighted by Crippen LogP contribution is -2.31. The van der Waals surface area contributed by atoms with Gasteiger partial charge in [-0.25, -0.2) is 0 Å². The molecule has 134 valence electrons. The Balaban J connectivity index is 1.49. The minimum absolute atomic E-state index is 0.502. The van der Waals surface area contributed by atoms with Crippen LogP contribution in [0.5, 0.6) is 0 Å². The summed E-state index contributed by atoms with van der Waals surface area (Å²) in [7, 11) is 2.26. The van der Waals surface area contributed by atoms with Gasteiger partial charge in [-0.05, 0) is 67.2 Å². The molecule has 0 radical (unpaired) electrons. The Morgan fingerprint density at radius 2 is 1.88 bits per heavy atom. The monoisotopic (exact) mass is 362 g/mol. The van der Waals surface area contributed by atoms with E-state index >= 15 is 0 Å². The molecular formula is C23H26N2S. The minimum Gasteiger partial charge on any atom is -0.301 e. The van der Waals surface area contributed by atoms with Crippen LogP contribution in [-0.2, 0) is 13.1 Å². The van der Waals surface area contributed by atoms with Crippen LogP contribution in [0.15, 0.2) is 48.5 Å². The van der Waals surface area contributed by atoms with Crippen LogP contribution in [0.25, 0.3) is 10.1 Å². The van der Waals surface area contributed by atoms with Gasteiger partial charge in [-0.2, -0.15) is 0 Å². The molecule has 1 fully saturated rings. The summed E-state index contributed by atoms with van der Waals surface area (Å²) in [5, 5.41) is 1.38. The first-order chi connectivity index (χ1) is 12.8. The van der Waals surface area contributed by atoms with Crippen molar-refractivity contribution in [2.45, 2.75) is 31.8 Å². The van der Waals surface area contributed by atoms with Crippen molar-refractivity contribution < 1.29 is 0 Å². The van der Waals surface area contributed by atoms with E-state index in [9.17, 15) is 0 Å². The maximum absolute atomic E-state index is 2.59. The summed E-state index contributed by atoms with van der Waals surface area (Å²) in [4.78, 5) is 6.58. The molecule has 2 nitrogen and oxygen atoms in total. The van der Waals surface area contributed by atoms with Crippen LogP contribution in [0.1, 0.15) is 40.3 Å². The molecule has 1 unspecified atom stereocenters. The number of benzene rings is 2. The normalized spacial score (nSPS) is 21.3. The zero-order valence-corrected chi connectivity index (χ0v) is 16.3. The lowest BCUT2D eigenvalue weighted by molar-refractivity contribution is 0.295. The highest BCUT2D eigenvalue weighted by atomic mass is 32.1. The summed E-state index contributed by atoms with van der Waals surface area (Å²) in [6, 6.07) is 18.5. The predicted molar refractivity (Wildman–Crippen MR) is 111 cm³/mol. The Hall–Kier alpha value is -1.68. The highest BCUT2D eigenvalue weighted by Gasteiger charge is 2.26. The van der Waals surface area contributed by atoms with Crippen molar-refractivity contribution in [1.29, 1.82) is 0 Å². The van der Waals surface area contributed by atoms with Crippen LogP contribution < -0.4 is 0 Å². The average molecular weight is 363 g/mol. The smallest absolute Gasteiger partial charge is 0.0345 e. The Labute approximate surface area is 160 Å². The van der Waals surface area contributed by atoms with Crippen molar-refractivity contribution in [3.05, 3.63) is 70.1 Å². The van der Waals surface area contributed by atoms with Gasteiger partial charge < -0.3 is 4.90 Å². The quantitative estimate of drug-likeness (QED) is 0.641. The highest BCUT2D eigenvalue weighted by molar-refractivity contribution is 7.19. The third kappa shape index (κ3) is 3.09. The van der Waals surface area contributed by atoms with Gasteiger partial charge in [-0.1, -0.05) is 36.4 Å². The average Bonchev–Trinajstić information content (AvgIpc) is 3.29. The Morgan fingerprint density at radius 1 is 1.04 bits per heavy atom. The molecule has 2 aromatic carbocycles. The molecule has 0 aliphatic carbocycles. The first-order valence-electron chi connectivity index (χ1n) is 9.77. The molecule has 0 N–H and O–H groups in total. The standard InChI is InChI=1S/C23H26N2S/c1-24-15-19-12-17(14-25-10-4-5-11-25)8-9-20(19)21(16-24)23-13-18-6-2-3-7-22(18)26-23/h2-3,6-9,12-13,21H,4-5,10-11,14-16H2,1H3. The zero-order chi connectivity index (χ0) is 17.5. The van der Waals surface area contributed by atoms with E-state index < -0.39 is 0 Å². The fourth-order valence-corrected chi connectivity index (χ4v) is 5.79. The second-order valence-electron chi connectivity index (χ2n) is 7.95. The number of hydrogen-bond acceptors (Lipinski definition) is 3. The van der Waals surface area contributed by atoms with Gasteiger partial charge in [0.2, 0.25) is 0 Å². The number of fused-ring (bicyclic) bond motifs is 2. The molecule has 3 aromatic rings. The van der Waals surface area contributed by atoms with Crippen molar-refractivity contribution in [2.24, 2.45) is 0 Å². The van der Waals surface area contributed by atoms with E-state index in [-0.39, 0.29) is 0 Å². The van der Waals surface area contributed by atoms with Crippen LogP contribution in [0.4, 0.5) is 0 Å². The van der Waals surface area contributed by atoms with E-state index in [0.29, 0.717) is 5.92 Å². The molecule has 0 spiro atoms. The fraction of sp³-hybridized carbons (Fsp3) is 0.391. The minimum atomic E-state index is 0.502. The van der Waals surface area contributed by atoms with E-state index in [4.69, 9.17) is 0 Å². The second-order valence-corrected chi connectivity index (χ2v) is 9.07. The van der Waals surface area contributed by atoms with Crippen molar-refractivity contribution in [3.8, 4) is 0 Å². The van der Waals surface area contributed by atoms with Crippen molar-refractivity contribution in [1.82, 2.24) is 9.80 Å². The van der Waals surface area contributed by atoms with E-state index in [0.717, 1.165) is 19.6 Å². The van der Waals surface area contributed by atoms with E-state index in [1.165, 1.54) is 52.0 Å². The number of likely N-dealkylation sites (tertiary alicyclic amines) is 1. The summed E-state index contributed by atoms with van der Waals surface area (Å²) < 4.78 is 1.41. The molecule has 0 saturated carbocycles. The first kappa shape index (κ1) is 16.5. The molecule has 3 heterocycles. The third-order valence-electron chi connectivity index (χ3n) is 5.91. The largest absolute Gasteiger partial charge is 0.301 e. The number of likely N-dealkylation sites (N-methyl/N-ethyl adjacent to an activating group) is 1. The molecule has 3 heteroatoms. The van der Waals surface area contributed by atoms with Crippen molar-refractivity contribution in [2.75, 3.05) is 26.7 Å². The summed E-state index contributed by atoms with van der Waals surface area (Å²) in [6.07, 6.45) is 2.73. The molecule has 2 aliphatic rings. The lowest BCUT2D eigenvalue weighted by Gasteiger charge is -2.32. The Morgan fingerprint density at radius 3 is 2.73 bits per heavy atom. The number of thiophene rings is 1. The van der Waals surface area contributed by atoms with E-state index in [1.807, 2.05) is 11.3 Å². The molecule has 2 aliphatic heterocycles. The SMILES string of the molecule is CN1Cc2cc(CN3CCCC3)ccc2C(c2cc3ccccc3s2)C1. The maximum Gasteiger partial charge on any atom is 0.0345 e. The predicted octanol–water partition coefficient (Wildman–Crippen LogP) is 5.07. The van der Waals surface area contributed by atoms with E-state index in [1.54, 1.807) is 5.56 Å². The summed E-state index contributed by atoms with van der Waals surface area (Å²) >= 11 is 1.96. The summed E-state index contributed by atoms with van der Waals surface area (Å²) in [5.41, 5.74) is 4.55. The highest BCUT2D eigenvalue weighted by Crippen LogP contribution is 2.39. The van der Waals surface area contributed by atoms with Crippen molar-refractivity contribution >= 4 is 21.4 Å². The van der Waals surface area contributed by atoms with Crippen LogP contribution in [0.3, 0.4) is 0 Å². The molecule has 1 atom stereocenters. The lowest BCUT2D eigenvalue weighted by atomic mass is 9.87. The molecule has 1 saturated heterocycles. The maximum atomic E-state index is 2.59. The first-order valence-corrected chi connectivity index (χ1v) is 10.6. The number of nitrogens with zero attached hydrogens (tertiary/aromatic N) is 2.